The number of benzene rings is 3. The fourth-order valence-corrected chi connectivity index (χ4v) is 4.52. The lowest BCUT2D eigenvalue weighted by Crippen LogP contribution is -2.20. The SMILES string of the molecule is CCCCCCCCc1ccccc1-c1cccc(O)c1C(C)(C)c1ccccc1. The quantitative estimate of drug-likeness (QED) is 0.339. The van der Waals surface area contributed by atoms with Crippen molar-refractivity contribution in [2.75, 3.05) is 0 Å². The molecule has 0 bridgehead atoms. The maximum Gasteiger partial charge on any atom is 0.120 e. The molecule has 3 aromatic carbocycles. The van der Waals surface area contributed by atoms with Crippen molar-refractivity contribution in [2.24, 2.45) is 0 Å². The molecule has 0 atom stereocenters. The molecule has 1 N–H and O–H groups in total. The molecule has 3 aromatic rings. The number of hydrogen-bond donors (Lipinski definition) is 1. The van der Waals surface area contributed by atoms with Crippen LogP contribution in [0.1, 0.15) is 76.0 Å². The predicted molar refractivity (Wildman–Crippen MR) is 129 cm³/mol. The summed E-state index contributed by atoms with van der Waals surface area (Å²) in [6, 6.07) is 25.2. The average molecular weight is 401 g/mol. The fraction of sp³-hybridized carbons (Fsp3) is 0.379. The van der Waals surface area contributed by atoms with Crippen LogP contribution < -0.4 is 0 Å². The third-order valence-corrected chi connectivity index (χ3v) is 6.27. The standard InChI is InChI=1S/C29H36O/c1-4-5-6-7-8-10-16-23-17-13-14-20-25(23)26-21-15-22-27(30)28(26)29(2,3)24-18-11-9-12-19-24/h9,11-15,17-22,30H,4-8,10,16H2,1-3H3. The molecule has 1 heteroatoms. The predicted octanol–water partition coefficient (Wildman–Crippen LogP) is 8.29. The van der Waals surface area contributed by atoms with Gasteiger partial charge in [0, 0.05) is 11.0 Å². The van der Waals surface area contributed by atoms with Crippen LogP contribution in [0, 0.1) is 0 Å². The van der Waals surface area contributed by atoms with Crippen molar-refractivity contribution in [1.82, 2.24) is 0 Å². The van der Waals surface area contributed by atoms with Gasteiger partial charge in [-0.25, -0.2) is 0 Å². The molecule has 0 amide bonds. The van der Waals surface area contributed by atoms with E-state index in [9.17, 15) is 5.11 Å². The molecule has 158 valence electrons. The van der Waals surface area contributed by atoms with Crippen LogP contribution in [-0.4, -0.2) is 5.11 Å². The summed E-state index contributed by atoms with van der Waals surface area (Å²) in [7, 11) is 0. The number of phenolic OH excluding ortho intramolecular Hbond substituents is 1. The number of rotatable bonds is 10. The van der Waals surface area contributed by atoms with E-state index in [0.29, 0.717) is 5.75 Å². The Morgan fingerprint density at radius 3 is 2.07 bits per heavy atom. The van der Waals surface area contributed by atoms with E-state index in [1.54, 1.807) is 0 Å². The van der Waals surface area contributed by atoms with Crippen LogP contribution >= 0.6 is 0 Å². The van der Waals surface area contributed by atoms with Crippen molar-refractivity contribution in [3.63, 3.8) is 0 Å². The maximum atomic E-state index is 10.9. The number of aromatic hydroxyl groups is 1. The summed E-state index contributed by atoms with van der Waals surface area (Å²) in [5.41, 5.74) is 5.69. The lowest BCUT2D eigenvalue weighted by Gasteiger charge is -2.30. The van der Waals surface area contributed by atoms with Crippen LogP contribution in [0.3, 0.4) is 0 Å². The van der Waals surface area contributed by atoms with Crippen molar-refractivity contribution in [3.8, 4) is 16.9 Å². The summed E-state index contributed by atoms with van der Waals surface area (Å²) >= 11 is 0. The molecule has 0 aliphatic heterocycles. The van der Waals surface area contributed by atoms with Gasteiger partial charge in [-0.15, -0.1) is 0 Å². The zero-order chi connectivity index (χ0) is 21.4. The highest BCUT2D eigenvalue weighted by Crippen LogP contribution is 2.43. The van der Waals surface area contributed by atoms with Gasteiger partial charge < -0.3 is 5.11 Å². The van der Waals surface area contributed by atoms with Gasteiger partial charge in [-0.1, -0.05) is 120 Å². The van der Waals surface area contributed by atoms with Crippen LogP contribution in [0.2, 0.25) is 0 Å². The van der Waals surface area contributed by atoms with E-state index in [1.165, 1.54) is 55.2 Å². The molecule has 0 aromatic heterocycles. The van der Waals surface area contributed by atoms with E-state index < -0.39 is 0 Å². The molecule has 0 radical (unpaired) electrons. The average Bonchev–Trinajstić information content (AvgIpc) is 2.76. The highest BCUT2D eigenvalue weighted by atomic mass is 16.3. The molecule has 0 aliphatic carbocycles. The van der Waals surface area contributed by atoms with E-state index in [-0.39, 0.29) is 5.41 Å². The Bertz CT molecular complexity index is 924. The van der Waals surface area contributed by atoms with Gasteiger partial charge in [0.2, 0.25) is 0 Å². The lowest BCUT2D eigenvalue weighted by molar-refractivity contribution is 0.454. The summed E-state index contributed by atoms with van der Waals surface area (Å²) in [6.07, 6.45) is 8.91. The first kappa shape index (κ1) is 22.2. The summed E-state index contributed by atoms with van der Waals surface area (Å²) in [4.78, 5) is 0. The molecule has 0 saturated carbocycles. The Hall–Kier alpha value is -2.54. The molecule has 1 nitrogen and oxygen atoms in total. The smallest absolute Gasteiger partial charge is 0.120 e. The second-order valence-corrected chi connectivity index (χ2v) is 8.87. The summed E-state index contributed by atoms with van der Waals surface area (Å²) in [5, 5.41) is 10.9. The zero-order valence-corrected chi connectivity index (χ0v) is 18.8. The Morgan fingerprint density at radius 1 is 0.667 bits per heavy atom. The Morgan fingerprint density at radius 2 is 1.30 bits per heavy atom. The third-order valence-electron chi connectivity index (χ3n) is 6.27. The van der Waals surface area contributed by atoms with Crippen LogP contribution in [0.4, 0.5) is 0 Å². The molecular formula is C29H36O. The van der Waals surface area contributed by atoms with Gasteiger partial charge in [0.05, 0.1) is 0 Å². The minimum Gasteiger partial charge on any atom is -0.508 e. The molecule has 0 aliphatic rings. The second-order valence-electron chi connectivity index (χ2n) is 8.87. The maximum absolute atomic E-state index is 10.9. The summed E-state index contributed by atoms with van der Waals surface area (Å²) in [5.74, 6) is 0.371. The molecule has 0 spiro atoms. The van der Waals surface area contributed by atoms with Gasteiger partial charge in [0.15, 0.2) is 0 Å². The van der Waals surface area contributed by atoms with Crippen molar-refractivity contribution >= 4 is 0 Å². The van der Waals surface area contributed by atoms with E-state index in [2.05, 4.69) is 75.4 Å². The van der Waals surface area contributed by atoms with Crippen molar-refractivity contribution in [1.29, 1.82) is 0 Å². The van der Waals surface area contributed by atoms with Crippen molar-refractivity contribution in [2.45, 2.75) is 71.1 Å². The Kier molecular flexibility index (Phi) is 7.74. The summed E-state index contributed by atoms with van der Waals surface area (Å²) < 4.78 is 0. The van der Waals surface area contributed by atoms with Crippen LogP contribution in [0.25, 0.3) is 11.1 Å². The number of aryl methyl sites for hydroxylation is 1. The molecule has 0 fully saturated rings. The van der Waals surface area contributed by atoms with Crippen LogP contribution in [0.5, 0.6) is 5.75 Å². The van der Waals surface area contributed by atoms with Gasteiger partial charge in [0.25, 0.3) is 0 Å². The largest absolute Gasteiger partial charge is 0.508 e. The minimum absolute atomic E-state index is 0.296. The van der Waals surface area contributed by atoms with E-state index >= 15 is 0 Å². The normalized spacial score (nSPS) is 11.6. The lowest BCUT2D eigenvalue weighted by atomic mass is 9.74. The van der Waals surface area contributed by atoms with Gasteiger partial charge in [-0.05, 0) is 41.2 Å². The minimum atomic E-state index is -0.296. The van der Waals surface area contributed by atoms with E-state index in [0.717, 1.165) is 17.5 Å². The molecular weight excluding hydrogens is 364 g/mol. The third kappa shape index (κ3) is 5.14. The molecule has 0 saturated heterocycles. The first-order valence-corrected chi connectivity index (χ1v) is 11.5. The summed E-state index contributed by atoms with van der Waals surface area (Å²) in [6.45, 7) is 6.68. The molecule has 0 heterocycles. The number of hydrogen-bond acceptors (Lipinski definition) is 1. The number of unbranched alkanes of at least 4 members (excludes halogenated alkanes) is 5. The molecule has 0 unspecified atom stereocenters. The van der Waals surface area contributed by atoms with Crippen molar-refractivity contribution < 1.29 is 5.11 Å². The van der Waals surface area contributed by atoms with Crippen LogP contribution in [0.15, 0.2) is 72.8 Å². The number of phenols is 1. The first-order chi connectivity index (χ1) is 14.6. The monoisotopic (exact) mass is 400 g/mol. The van der Waals surface area contributed by atoms with Gasteiger partial charge >= 0.3 is 0 Å². The highest BCUT2D eigenvalue weighted by molar-refractivity contribution is 5.75. The van der Waals surface area contributed by atoms with E-state index in [1.807, 2.05) is 18.2 Å². The Balaban J connectivity index is 1.93. The Labute approximate surface area is 182 Å². The first-order valence-electron chi connectivity index (χ1n) is 11.5. The fourth-order valence-electron chi connectivity index (χ4n) is 4.52. The molecule has 30 heavy (non-hydrogen) atoms. The van der Waals surface area contributed by atoms with Crippen LogP contribution in [-0.2, 0) is 11.8 Å². The van der Waals surface area contributed by atoms with E-state index in [4.69, 9.17) is 0 Å². The molecule has 3 rings (SSSR count). The topological polar surface area (TPSA) is 20.2 Å². The van der Waals surface area contributed by atoms with Gasteiger partial charge in [-0.3, -0.25) is 0 Å². The highest BCUT2D eigenvalue weighted by Gasteiger charge is 2.29. The van der Waals surface area contributed by atoms with Gasteiger partial charge in [-0.2, -0.15) is 0 Å². The van der Waals surface area contributed by atoms with Gasteiger partial charge in [0.1, 0.15) is 5.75 Å². The zero-order valence-electron chi connectivity index (χ0n) is 18.8. The van der Waals surface area contributed by atoms with Crippen molar-refractivity contribution in [3.05, 3.63) is 89.5 Å². The second kappa shape index (κ2) is 10.5.